The highest BCUT2D eigenvalue weighted by molar-refractivity contribution is 6.35. The lowest BCUT2D eigenvalue weighted by Crippen LogP contribution is -2.41. The van der Waals surface area contributed by atoms with Crippen molar-refractivity contribution in [2.45, 2.75) is 19.4 Å². The highest BCUT2D eigenvalue weighted by Gasteiger charge is 2.17. The van der Waals surface area contributed by atoms with Gasteiger partial charge in [0.25, 0.3) is 0 Å². The maximum atomic E-state index is 11.9. The number of carbonyl (C=O) groups is 2. The smallest absolute Gasteiger partial charge is 0.309 e. The Bertz CT molecular complexity index is 533. The summed E-state index contributed by atoms with van der Waals surface area (Å²) in [7, 11) is 4.67. The van der Waals surface area contributed by atoms with Crippen molar-refractivity contribution < 1.29 is 23.8 Å². The predicted octanol–water partition coefficient (Wildman–Crippen LogP) is 1.03. The van der Waals surface area contributed by atoms with Crippen LogP contribution in [0.2, 0.25) is 0 Å². The van der Waals surface area contributed by atoms with E-state index in [1.807, 2.05) is 6.07 Å². The molecule has 0 fully saturated rings. The molecule has 0 bridgehead atoms. The molecule has 1 aromatic carbocycles. The van der Waals surface area contributed by atoms with Gasteiger partial charge in [0.2, 0.25) is 0 Å². The Balaban J connectivity index is 2.59. The fraction of sp³-hybridized carbons (Fsp3) is 0.500. The Morgan fingerprint density at radius 1 is 1.09 bits per heavy atom. The van der Waals surface area contributed by atoms with E-state index < -0.39 is 11.8 Å². The van der Waals surface area contributed by atoms with E-state index in [4.69, 9.17) is 14.2 Å². The molecule has 1 rings (SSSR count). The molecule has 7 heteroatoms. The van der Waals surface area contributed by atoms with Crippen LogP contribution >= 0.6 is 0 Å². The second kappa shape index (κ2) is 9.68. The van der Waals surface area contributed by atoms with E-state index in [-0.39, 0.29) is 6.04 Å². The average molecular weight is 324 g/mol. The molecule has 7 nitrogen and oxygen atoms in total. The number of hydrogen-bond acceptors (Lipinski definition) is 5. The van der Waals surface area contributed by atoms with Crippen LogP contribution < -0.4 is 20.1 Å². The van der Waals surface area contributed by atoms with E-state index in [0.29, 0.717) is 31.1 Å². The summed E-state index contributed by atoms with van der Waals surface area (Å²) in [4.78, 5) is 23.5. The molecule has 0 aliphatic rings. The molecule has 0 heterocycles. The molecule has 0 saturated carbocycles. The van der Waals surface area contributed by atoms with Gasteiger partial charge in [0, 0.05) is 20.3 Å². The first-order valence-electron chi connectivity index (χ1n) is 7.33. The minimum Gasteiger partial charge on any atom is -0.493 e. The number of benzene rings is 1. The van der Waals surface area contributed by atoms with Gasteiger partial charge in [-0.05, 0) is 31.0 Å². The van der Waals surface area contributed by atoms with E-state index in [1.54, 1.807) is 40.4 Å². The molecule has 0 aromatic heterocycles. The maximum Gasteiger partial charge on any atom is 0.309 e. The van der Waals surface area contributed by atoms with E-state index in [9.17, 15) is 9.59 Å². The van der Waals surface area contributed by atoms with Crippen molar-refractivity contribution >= 4 is 11.8 Å². The van der Waals surface area contributed by atoms with Gasteiger partial charge in [-0.25, -0.2) is 0 Å². The number of carbonyl (C=O) groups excluding carboxylic acids is 2. The third-order valence-corrected chi connectivity index (χ3v) is 3.27. The zero-order chi connectivity index (χ0) is 17.2. The van der Waals surface area contributed by atoms with Crippen LogP contribution in [0.3, 0.4) is 0 Å². The van der Waals surface area contributed by atoms with Crippen molar-refractivity contribution in [3.8, 4) is 11.5 Å². The van der Waals surface area contributed by atoms with Gasteiger partial charge in [-0.15, -0.1) is 0 Å². The molecule has 0 aliphatic carbocycles. The first-order valence-corrected chi connectivity index (χ1v) is 7.33. The van der Waals surface area contributed by atoms with Crippen LogP contribution in [-0.4, -0.2) is 46.3 Å². The van der Waals surface area contributed by atoms with Gasteiger partial charge < -0.3 is 24.8 Å². The summed E-state index contributed by atoms with van der Waals surface area (Å²) in [6.45, 7) is 2.71. The Labute approximate surface area is 136 Å². The lowest BCUT2D eigenvalue weighted by atomic mass is 10.1. The third kappa shape index (κ3) is 5.78. The van der Waals surface area contributed by atoms with Gasteiger partial charge in [0.05, 0.1) is 20.3 Å². The van der Waals surface area contributed by atoms with Crippen molar-refractivity contribution in [1.82, 2.24) is 10.6 Å². The fourth-order valence-corrected chi connectivity index (χ4v) is 1.97. The number of methoxy groups -OCH3 is 3. The van der Waals surface area contributed by atoms with Crippen LogP contribution in [0.4, 0.5) is 0 Å². The normalized spacial score (nSPS) is 11.5. The highest BCUT2D eigenvalue weighted by atomic mass is 16.5. The maximum absolute atomic E-state index is 11.9. The minimum atomic E-state index is -0.676. The average Bonchev–Trinajstić information content (AvgIpc) is 2.57. The molecule has 0 spiro atoms. The molecule has 1 atom stereocenters. The molecule has 1 unspecified atom stereocenters. The van der Waals surface area contributed by atoms with E-state index in [2.05, 4.69) is 10.6 Å². The highest BCUT2D eigenvalue weighted by Crippen LogP contribution is 2.29. The summed E-state index contributed by atoms with van der Waals surface area (Å²) >= 11 is 0. The van der Waals surface area contributed by atoms with Crippen LogP contribution in [0.15, 0.2) is 18.2 Å². The molecule has 0 aliphatic heterocycles. The monoisotopic (exact) mass is 324 g/mol. The van der Waals surface area contributed by atoms with Gasteiger partial charge in [-0.3, -0.25) is 9.59 Å². The number of ether oxygens (including phenoxy) is 3. The molecule has 128 valence electrons. The van der Waals surface area contributed by atoms with E-state index >= 15 is 0 Å². The SMILES string of the molecule is COCCCNC(=O)C(=O)NC(C)c1ccc(OC)c(OC)c1. The molecule has 2 amide bonds. The standard InChI is InChI=1S/C16H24N2O5/c1-11(12-6-7-13(22-3)14(10-12)23-4)18-16(20)15(19)17-8-5-9-21-2/h6-7,10-11H,5,8-9H2,1-4H3,(H,17,19)(H,18,20). The number of rotatable bonds is 8. The molecular weight excluding hydrogens is 300 g/mol. The molecule has 1 aromatic rings. The Hall–Kier alpha value is -2.28. The molecule has 0 saturated heterocycles. The van der Waals surface area contributed by atoms with Crippen LogP contribution in [0, 0.1) is 0 Å². The zero-order valence-corrected chi connectivity index (χ0v) is 14.0. The van der Waals surface area contributed by atoms with Gasteiger partial charge >= 0.3 is 11.8 Å². The molecule has 0 radical (unpaired) electrons. The summed E-state index contributed by atoms with van der Waals surface area (Å²) < 4.78 is 15.3. The lowest BCUT2D eigenvalue weighted by Gasteiger charge is -2.16. The molecule has 23 heavy (non-hydrogen) atoms. The molecule has 2 N–H and O–H groups in total. The van der Waals surface area contributed by atoms with Crippen LogP contribution in [0.5, 0.6) is 11.5 Å². The van der Waals surface area contributed by atoms with Gasteiger partial charge in [0.1, 0.15) is 0 Å². The van der Waals surface area contributed by atoms with Crippen LogP contribution in [-0.2, 0) is 14.3 Å². The van der Waals surface area contributed by atoms with Crippen molar-refractivity contribution in [3.63, 3.8) is 0 Å². The topological polar surface area (TPSA) is 85.9 Å². The van der Waals surface area contributed by atoms with Crippen molar-refractivity contribution in [3.05, 3.63) is 23.8 Å². The quantitative estimate of drug-likeness (QED) is 0.551. The lowest BCUT2D eigenvalue weighted by molar-refractivity contribution is -0.139. The van der Waals surface area contributed by atoms with Crippen molar-refractivity contribution in [1.29, 1.82) is 0 Å². The first kappa shape index (κ1) is 18.8. The number of amides is 2. The fourth-order valence-electron chi connectivity index (χ4n) is 1.97. The first-order chi connectivity index (χ1) is 11.0. The van der Waals surface area contributed by atoms with Crippen molar-refractivity contribution in [2.24, 2.45) is 0 Å². The summed E-state index contributed by atoms with van der Waals surface area (Å²) in [6, 6.07) is 4.98. The predicted molar refractivity (Wildman–Crippen MR) is 85.6 cm³/mol. The van der Waals surface area contributed by atoms with Crippen molar-refractivity contribution in [2.75, 3.05) is 34.5 Å². The second-order valence-corrected chi connectivity index (χ2v) is 4.91. The second-order valence-electron chi connectivity index (χ2n) is 4.91. The Kier molecular flexibility index (Phi) is 7.90. The molecular formula is C16H24N2O5. The summed E-state index contributed by atoms with van der Waals surface area (Å²) in [5.74, 6) is -0.168. The Morgan fingerprint density at radius 2 is 1.78 bits per heavy atom. The third-order valence-electron chi connectivity index (χ3n) is 3.27. The van der Waals surface area contributed by atoms with Gasteiger partial charge in [-0.2, -0.15) is 0 Å². The van der Waals surface area contributed by atoms with Gasteiger partial charge in [-0.1, -0.05) is 6.07 Å². The summed E-state index contributed by atoms with van der Waals surface area (Å²) in [5, 5.41) is 5.19. The van der Waals surface area contributed by atoms with E-state index in [1.165, 1.54) is 0 Å². The zero-order valence-electron chi connectivity index (χ0n) is 14.0. The van der Waals surface area contributed by atoms with Gasteiger partial charge in [0.15, 0.2) is 11.5 Å². The summed E-state index contributed by atoms with van der Waals surface area (Å²) in [5.41, 5.74) is 0.809. The minimum absolute atomic E-state index is 0.341. The number of nitrogens with one attached hydrogen (secondary N) is 2. The summed E-state index contributed by atoms with van der Waals surface area (Å²) in [6.07, 6.45) is 0.654. The van der Waals surface area contributed by atoms with Crippen LogP contribution in [0.1, 0.15) is 24.9 Å². The Morgan fingerprint density at radius 3 is 2.39 bits per heavy atom. The van der Waals surface area contributed by atoms with Crippen LogP contribution in [0.25, 0.3) is 0 Å². The number of hydrogen-bond donors (Lipinski definition) is 2. The van der Waals surface area contributed by atoms with E-state index in [0.717, 1.165) is 5.56 Å². The largest absolute Gasteiger partial charge is 0.493 e.